The van der Waals surface area contributed by atoms with Crippen LogP contribution >= 0.6 is 0 Å². The predicted molar refractivity (Wildman–Crippen MR) is 89.4 cm³/mol. The van der Waals surface area contributed by atoms with E-state index in [4.69, 9.17) is 5.73 Å². The van der Waals surface area contributed by atoms with Crippen LogP contribution in [0.5, 0.6) is 0 Å². The van der Waals surface area contributed by atoms with Gasteiger partial charge in [-0.25, -0.2) is 0 Å². The molecule has 0 aliphatic heterocycles. The van der Waals surface area contributed by atoms with Crippen LogP contribution in [0.1, 0.15) is 54.5 Å². The van der Waals surface area contributed by atoms with Crippen LogP contribution < -0.4 is 5.73 Å². The summed E-state index contributed by atoms with van der Waals surface area (Å²) in [6.45, 7) is 4.45. The zero-order valence-corrected chi connectivity index (χ0v) is 13.0. The van der Waals surface area contributed by atoms with Crippen molar-refractivity contribution in [2.24, 2.45) is 11.7 Å². The number of nitrogens with two attached hydrogens (primary N) is 1. The molecule has 0 spiro atoms. The van der Waals surface area contributed by atoms with E-state index in [1.807, 2.05) is 0 Å². The summed E-state index contributed by atoms with van der Waals surface area (Å²) in [5.74, 6) is 1.25. The normalized spacial score (nSPS) is 22.0. The highest BCUT2D eigenvalue weighted by Gasteiger charge is 2.42. The summed E-state index contributed by atoms with van der Waals surface area (Å²) >= 11 is 0. The van der Waals surface area contributed by atoms with Crippen LogP contribution in [0, 0.1) is 5.92 Å². The highest BCUT2D eigenvalue weighted by molar-refractivity contribution is 5.36. The molecule has 0 radical (unpaired) electrons. The van der Waals surface area contributed by atoms with Crippen LogP contribution in [0.3, 0.4) is 0 Å². The number of hydrogen-bond acceptors (Lipinski definition) is 1. The molecule has 3 rings (SSSR count). The zero-order chi connectivity index (χ0) is 14.8. The Morgan fingerprint density at radius 2 is 1.71 bits per heavy atom. The summed E-state index contributed by atoms with van der Waals surface area (Å²) in [5.41, 5.74) is 12.2. The first-order chi connectivity index (χ1) is 10.2. The minimum Gasteiger partial charge on any atom is -0.324 e. The number of aryl methyl sites for hydroxylation is 2. The summed E-state index contributed by atoms with van der Waals surface area (Å²) < 4.78 is 0. The third-order valence-corrected chi connectivity index (χ3v) is 4.91. The number of hydrogen-bond donors (Lipinski definition) is 1. The van der Waals surface area contributed by atoms with Gasteiger partial charge < -0.3 is 5.73 Å². The third-order valence-electron chi connectivity index (χ3n) is 4.91. The third kappa shape index (κ3) is 2.89. The SMILES string of the molecule is CCc1ccc(C(N)C2CC2c2ccccc2)cc1CC. The van der Waals surface area contributed by atoms with Crippen LogP contribution in [-0.2, 0) is 12.8 Å². The van der Waals surface area contributed by atoms with Crippen molar-refractivity contribution in [3.63, 3.8) is 0 Å². The van der Waals surface area contributed by atoms with Gasteiger partial charge in [0.05, 0.1) is 0 Å². The molecule has 1 heteroatoms. The molecule has 110 valence electrons. The van der Waals surface area contributed by atoms with Crippen molar-refractivity contribution in [3.05, 3.63) is 70.8 Å². The van der Waals surface area contributed by atoms with Gasteiger partial charge in [0.2, 0.25) is 0 Å². The average Bonchev–Trinajstić information content (AvgIpc) is 3.35. The van der Waals surface area contributed by atoms with Crippen molar-refractivity contribution in [2.45, 2.75) is 45.1 Å². The van der Waals surface area contributed by atoms with Crippen LogP contribution in [0.2, 0.25) is 0 Å². The Kier molecular flexibility index (Phi) is 4.12. The fourth-order valence-electron chi connectivity index (χ4n) is 3.47. The van der Waals surface area contributed by atoms with Crippen LogP contribution in [0.15, 0.2) is 48.5 Å². The second-order valence-electron chi connectivity index (χ2n) is 6.18. The number of benzene rings is 2. The first-order valence-electron chi connectivity index (χ1n) is 8.16. The standard InChI is InChI=1S/C20H25N/c1-3-14-10-11-17(12-15(14)4-2)20(21)19-13-18(19)16-8-6-5-7-9-16/h5-12,18-20H,3-4,13,21H2,1-2H3. The van der Waals surface area contributed by atoms with Crippen LogP contribution in [-0.4, -0.2) is 0 Å². The first-order valence-corrected chi connectivity index (χ1v) is 8.16. The highest BCUT2D eigenvalue weighted by Crippen LogP contribution is 2.53. The van der Waals surface area contributed by atoms with Gasteiger partial charge in [0.1, 0.15) is 0 Å². The van der Waals surface area contributed by atoms with Crippen LogP contribution in [0.4, 0.5) is 0 Å². The van der Waals surface area contributed by atoms with Crippen molar-refractivity contribution in [2.75, 3.05) is 0 Å². The molecular formula is C20H25N. The quantitative estimate of drug-likeness (QED) is 0.849. The molecule has 3 atom stereocenters. The lowest BCUT2D eigenvalue weighted by Gasteiger charge is -2.15. The van der Waals surface area contributed by atoms with Crippen molar-refractivity contribution in [1.29, 1.82) is 0 Å². The maximum absolute atomic E-state index is 6.54. The van der Waals surface area contributed by atoms with Crippen molar-refractivity contribution in [3.8, 4) is 0 Å². The van der Waals surface area contributed by atoms with E-state index in [1.165, 1.54) is 28.7 Å². The van der Waals surface area contributed by atoms with E-state index in [-0.39, 0.29) is 6.04 Å². The smallest absolute Gasteiger partial charge is 0.0329 e. The van der Waals surface area contributed by atoms with Gasteiger partial charge in [0, 0.05) is 6.04 Å². The molecule has 3 unspecified atom stereocenters. The fraction of sp³-hybridized carbons (Fsp3) is 0.400. The van der Waals surface area contributed by atoms with Gasteiger partial charge in [0.15, 0.2) is 0 Å². The van der Waals surface area contributed by atoms with Gasteiger partial charge in [0.25, 0.3) is 0 Å². The summed E-state index contributed by atoms with van der Waals surface area (Å²) in [6.07, 6.45) is 3.42. The van der Waals surface area contributed by atoms with Gasteiger partial charge >= 0.3 is 0 Å². The molecule has 1 fully saturated rings. The molecule has 1 nitrogen and oxygen atoms in total. The Labute approximate surface area is 128 Å². The van der Waals surface area contributed by atoms with Crippen LogP contribution in [0.25, 0.3) is 0 Å². The monoisotopic (exact) mass is 279 g/mol. The van der Waals surface area contributed by atoms with Gasteiger partial charge in [-0.2, -0.15) is 0 Å². The zero-order valence-electron chi connectivity index (χ0n) is 13.0. The summed E-state index contributed by atoms with van der Waals surface area (Å²) in [5, 5.41) is 0. The molecule has 0 aromatic heterocycles. The Morgan fingerprint density at radius 1 is 1.00 bits per heavy atom. The molecule has 2 aromatic carbocycles. The predicted octanol–water partition coefficient (Wildman–Crippen LogP) is 4.61. The van der Waals surface area contributed by atoms with E-state index in [9.17, 15) is 0 Å². The minimum atomic E-state index is 0.173. The van der Waals surface area contributed by atoms with E-state index in [2.05, 4.69) is 62.4 Å². The first kappa shape index (κ1) is 14.3. The molecule has 1 aliphatic carbocycles. The molecule has 1 aliphatic rings. The fourth-order valence-corrected chi connectivity index (χ4v) is 3.47. The molecule has 21 heavy (non-hydrogen) atoms. The number of rotatable bonds is 5. The van der Waals surface area contributed by atoms with E-state index in [0.717, 1.165) is 12.8 Å². The summed E-state index contributed by atoms with van der Waals surface area (Å²) in [6, 6.07) is 17.8. The lowest BCUT2D eigenvalue weighted by molar-refractivity contribution is 0.614. The average molecular weight is 279 g/mol. The topological polar surface area (TPSA) is 26.0 Å². The van der Waals surface area contributed by atoms with Crippen molar-refractivity contribution < 1.29 is 0 Å². The van der Waals surface area contributed by atoms with Gasteiger partial charge in [-0.3, -0.25) is 0 Å². The molecule has 1 saturated carbocycles. The highest BCUT2D eigenvalue weighted by atomic mass is 14.7. The van der Waals surface area contributed by atoms with Crippen molar-refractivity contribution >= 4 is 0 Å². The Morgan fingerprint density at radius 3 is 2.38 bits per heavy atom. The van der Waals surface area contributed by atoms with Crippen molar-refractivity contribution in [1.82, 2.24) is 0 Å². The van der Waals surface area contributed by atoms with Gasteiger partial charge in [-0.15, -0.1) is 0 Å². The maximum Gasteiger partial charge on any atom is 0.0329 e. The van der Waals surface area contributed by atoms with E-state index < -0.39 is 0 Å². The van der Waals surface area contributed by atoms with E-state index in [0.29, 0.717) is 11.8 Å². The molecule has 0 amide bonds. The molecule has 0 saturated heterocycles. The Bertz CT molecular complexity index is 602. The molecule has 2 N–H and O–H groups in total. The van der Waals surface area contributed by atoms with E-state index >= 15 is 0 Å². The molecular weight excluding hydrogens is 254 g/mol. The summed E-state index contributed by atoms with van der Waals surface area (Å²) in [4.78, 5) is 0. The van der Waals surface area contributed by atoms with Gasteiger partial charge in [-0.05, 0) is 53.4 Å². The lowest BCUT2D eigenvalue weighted by Crippen LogP contribution is -2.14. The molecule has 2 aromatic rings. The lowest BCUT2D eigenvalue weighted by atomic mass is 9.94. The molecule has 0 bridgehead atoms. The second-order valence-corrected chi connectivity index (χ2v) is 6.18. The van der Waals surface area contributed by atoms with E-state index in [1.54, 1.807) is 0 Å². The second kappa shape index (κ2) is 6.03. The molecule has 0 heterocycles. The summed E-state index contributed by atoms with van der Waals surface area (Å²) in [7, 11) is 0. The largest absolute Gasteiger partial charge is 0.324 e. The van der Waals surface area contributed by atoms with Gasteiger partial charge in [-0.1, -0.05) is 62.4 Å². The Balaban J connectivity index is 1.76. The Hall–Kier alpha value is -1.60. The maximum atomic E-state index is 6.54. The minimum absolute atomic E-state index is 0.173.